The molecule has 10 rings (SSSR count). The molecule has 6 aromatic rings. The highest BCUT2D eigenvalue weighted by Gasteiger charge is 2.65. The molecule has 4 aromatic heterocycles. The molecule has 0 radical (unpaired) electrons. The predicted octanol–water partition coefficient (Wildman–Crippen LogP) is 13.5. The van der Waals surface area contributed by atoms with E-state index in [0.29, 0.717) is 12.1 Å². The van der Waals surface area contributed by atoms with Gasteiger partial charge in [-0.2, -0.15) is 0 Å². The third-order valence-corrected chi connectivity index (χ3v) is 17.6. The normalized spacial score (nSPS) is 25.4. The lowest BCUT2D eigenvalue weighted by Gasteiger charge is -2.62. The van der Waals surface area contributed by atoms with Crippen LogP contribution in [-0.4, -0.2) is 0 Å². The molecule has 3 nitrogen and oxygen atoms in total. The Kier molecular flexibility index (Phi) is 6.83. The number of hydrogen-bond acceptors (Lipinski definition) is 6. The fourth-order valence-corrected chi connectivity index (χ4v) is 14.8. The number of rotatable bonds is 1. The Balaban J connectivity index is 0.000000134. The van der Waals surface area contributed by atoms with E-state index in [1.165, 1.54) is 73.6 Å². The van der Waals surface area contributed by atoms with Crippen LogP contribution in [-0.2, 0) is 16.5 Å². The number of anilines is 2. The molecule has 1 spiro atoms. The average Bonchev–Trinajstić information content (AvgIpc) is 3.90. The second-order valence-corrected chi connectivity index (χ2v) is 19.3. The van der Waals surface area contributed by atoms with Crippen molar-refractivity contribution in [2.24, 2.45) is 5.41 Å². The molecule has 7 heterocycles. The molecule has 1 fully saturated rings. The summed E-state index contributed by atoms with van der Waals surface area (Å²) in [4.78, 5) is 8.64. The van der Waals surface area contributed by atoms with E-state index in [1.54, 1.807) is 15.1 Å². The summed E-state index contributed by atoms with van der Waals surface area (Å²) in [5.41, 5.74) is 11.6. The van der Waals surface area contributed by atoms with Gasteiger partial charge in [0.1, 0.15) is 5.58 Å². The van der Waals surface area contributed by atoms with Crippen molar-refractivity contribution in [1.82, 2.24) is 0 Å². The molecule has 49 heavy (non-hydrogen) atoms. The quantitative estimate of drug-likeness (QED) is 0.170. The Labute approximate surface area is 303 Å². The highest BCUT2D eigenvalue weighted by atomic mass is 32.1. The van der Waals surface area contributed by atoms with Gasteiger partial charge < -0.3 is 14.2 Å². The number of hydrogen-bond donors (Lipinski definition) is 0. The Morgan fingerprint density at radius 3 is 2.18 bits per heavy atom. The first-order chi connectivity index (χ1) is 23.4. The summed E-state index contributed by atoms with van der Waals surface area (Å²) >= 11 is 5.93. The number of fused-ring (bicyclic) bond motifs is 11. The molecule has 6 heteroatoms. The number of para-hydroxylation sites is 2. The van der Waals surface area contributed by atoms with Gasteiger partial charge in [0, 0.05) is 42.4 Å². The predicted molar refractivity (Wildman–Crippen MR) is 212 cm³/mol. The second kappa shape index (κ2) is 10.5. The molecule has 1 aliphatic carbocycles. The van der Waals surface area contributed by atoms with Crippen LogP contribution in [0.5, 0.6) is 0 Å². The summed E-state index contributed by atoms with van der Waals surface area (Å²) in [6.07, 6.45) is 7.18. The third-order valence-electron chi connectivity index (χ3n) is 13.8. The molecule has 254 valence electrons. The van der Waals surface area contributed by atoms with Gasteiger partial charge in [0.15, 0.2) is 0 Å². The smallest absolute Gasteiger partial charge is 0.150 e. The zero-order valence-corrected chi connectivity index (χ0v) is 32.8. The first-order valence-electron chi connectivity index (χ1n) is 18.1. The second-order valence-electron chi connectivity index (χ2n) is 16.3. The maximum atomic E-state index is 5.94. The van der Waals surface area contributed by atoms with Crippen LogP contribution in [0.4, 0.5) is 11.4 Å². The first-order valence-corrected chi connectivity index (χ1v) is 20.6. The molecule has 3 unspecified atom stereocenters. The van der Waals surface area contributed by atoms with E-state index >= 15 is 0 Å². The number of furan rings is 1. The summed E-state index contributed by atoms with van der Waals surface area (Å²) in [5.74, 6) is 0. The van der Waals surface area contributed by atoms with E-state index < -0.39 is 0 Å². The van der Waals surface area contributed by atoms with E-state index in [2.05, 4.69) is 143 Å². The van der Waals surface area contributed by atoms with Crippen molar-refractivity contribution in [3.05, 3.63) is 104 Å². The van der Waals surface area contributed by atoms with Gasteiger partial charge >= 0.3 is 0 Å². The van der Waals surface area contributed by atoms with Gasteiger partial charge in [0.25, 0.3) is 0 Å². The van der Waals surface area contributed by atoms with Crippen LogP contribution in [0.3, 0.4) is 0 Å². The van der Waals surface area contributed by atoms with Crippen LogP contribution in [0.25, 0.3) is 19.7 Å². The Morgan fingerprint density at radius 1 is 0.735 bits per heavy atom. The van der Waals surface area contributed by atoms with Crippen LogP contribution >= 0.6 is 34.0 Å². The van der Waals surface area contributed by atoms with Crippen molar-refractivity contribution in [2.45, 2.75) is 117 Å². The topological polar surface area (TPSA) is 19.6 Å². The SMILES string of the molecule is Cc1cccc2c1N1C(C)c3c(sc4ccoc34)C1(C)C(C)(C)C2(C)C.Cc1ccccc1N1C(C)c2c(sc3ccsc23)C12CCCC2. The summed E-state index contributed by atoms with van der Waals surface area (Å²) < 4.78 is 10.3. The van der Waals surface area contributed by atoms with Crippen molar-refractivity contribution in [3.63, 3.8) is 0 Å². The number of aryl methyl sites for hydroxylation is 2. The van der Waals surface area contributed by atoms with Crippen LogP contribution in [0.15, 0.2) is 70.7 Å². The van der Waals surface area contributed by atoms with E-state index in [1.807, 2.05) is 28.9 Å². The Morgan fingerprint density at radius 2 is 1.43 bits per heavy atom. The zero-order chi connectivity index (χ0) is 34.2. The Bertz CT molecular complexity index is 2250. The number of benzene rings is 2. The molecular formula is C43H48N2OS3. The largest absolute Gasteiger partial charge is 0.463 e. The Hall–Kier alpha value is -3.06. The fourth-order valence-electron chi connectivity index (χ4n) is 10.5. The van der Waals surface area contributed by atoms with Gasteiger partial charge in [-0.1, -0.05) is 76.9 Å². The molecule has 0 N–H and O–H groups in total. The van der Waals surface area contributed by atoms with Gasteiger partial charge in [0.2, 0.25) is 0 Å². The van der Waals surface area contributed by atoms with Gasteiger partial charge in [0.05, 0.1) is 38.8 Å². The molecular weight excluding hydrogens is 657 g/mol. The third kappa shape index (κ3) is 3.84. The van der Waals surface area contributed by atoms with Crippen LogP contribution < -0.4 is 9.80 Å². The van der Waals surface area contributed by atoms with Crippen LogP contribution in [0, 0.1) is 19.3 Å². The van der Waals surface area contributed by atoms with E-state index in [-0.39, 0.29) is 21.9 Å². The first kappa shape index (κ1) is 31.9. The highest BCUT2D eigenvalue weighted by molar-refractivity contribution is 7.27. The minimum Gasteiger partial charge on any atom is -0.463 e. The standard InChI is InChI=1S/C23H27NOS.C20H21NS2/c1-13-9-8-10-15-18(13)24-14(2)17-19-16(11-12-25-19)26-20(17)23(24,7)22(5,6)21(15,3)4;1-13-7-3-4-8-15(13)21-14(2)17-18-16(9-12-22-18)23-19(17)20(21)10-5-6-11-20/h8-12,14H,1-7H3;3-4,7-9,12,14H,5-6,10-11H2,1-2H3. The van der Waals surface area contributed by atoms with Crippen molar-refractivity contribution in [3.8, 4) is 0 Å². The molecule has 3 atom stereocenters. The van der Waals surface area contributed by atoms with Crippen molar-refractivity contribution in [2.75, 3.05) is 9.80 Å². The molecule has 2 aromatic carbocycles. The summed E-state index contributed by atoms with van der Waals surface area (Å²) in [6, 6.07) is 21.0. The summed E-state index contributed by atoms with van der Waals surface area (Å²) in [7, 11) is 0. The van der Waals surface area contributed by atoms with Gasteiger partial charge in [-0.05, 0) is 93.1 Å². The van der Waals surface area contributed by atoms with Crippen molar-refractivity contribution >= 4 is 65.1 Å². The molecule has 0 amide bonds. The lowest BCUT2D eigenvalue weighted by Crippen LogP contribution is -2.61. The number of thiophene rings is 3. The monoisotopic (exact) mass is 704 g/mol. The van der Waals surface area contributed by atoms with Gasteiger partial charge in [-0.25, -0.2) is 0 Å². The maximum Gasteiger partial charge on any atom is 0.150 e. The van der Waals surface area contributed by atoms with Crippen LogP contribution in [0.2, 0.25) is 0 Å². The minimum absolute atomic E-state index is 0.0581. The van der Waals surface area contributed by atoms with E-state index in [9.17, 15) is 0 Å². The molecule has 0 saturated heterocycles. The molecule has 0 bridgehead atoms. The number of nitrogens with zero attached hydrogens (tertiary/aromatic N) is 2. The van der Waals surface area contributed by atoms with E-state index in [4.69, 9.17) is 4.42 Å². The average molecular weight is 705 g/mol. The molecule has 1 saturated carbocycles. The molecule has 4 aliphatic rings. The van der Waals surface area contributed by atoms with E-state index in [0.717, 1.165) is 5.58 Å². The van der Waals surface area contributed by atoms with Crippen molar-refractivity contribution < 1.29 is 4.42 Å². The fraction of sp³-hybridized carbons (Fsp3) is 0.442. The molecule has 3 aliphatic heterocycles. The van der Waals surface area contributed by atoms with Crippen molar-refractivity contribution in [1.29, 1.82) is 0 Å². The van der Waals surface area contributed by atoms with Gasteiger partial charge in [-0.3, -0.25) is 0 Å². The minimum atomic E-state index is -0.0590. The van der Waals surface area contributed by atoms with Crippen LogP contribution in [0.1, 0.15) is 124 Å². The highest BCUT2D eigenvalue weighted by Crippen LogP contribution is 2.69. The zero-order valence-electron chi connectivity index (χ0n) is 30.4. The summed E-state index contributed by atoms with van der Waals surface area (Å²) in [5, 5.41) is 2.26. The summed E-state index contributed by atoms with van der Waals surface area (Å²) in [6.45, 7) is 21.5. The van der Waals surface area contributed by atoms with Gasteiger partial charge in [-0.15, -0.1) is 34.0 Å². The lowest BCUT2D eigenvalue weighted by molar-refractivity contribution is 0.0672. The maximum absolute atomic E-state index is 5.94. The lowest BCUT2D eigenvalue weighted by atomic mass is 9.52.